The molecule has 93 valence electrons. The van der Waals surface area contributed by atoms with Crippen molar-refractivity contribution in [3.8, 4) is 5.75 Å². The number of hydrogen-bond donors (Lipinski definition) is 1. The molecule has 1 N–H and O–H groups in total. The first-order chi connectivity index (χ1) is 8.66. The Balaban J connectivity index is 0.00000180. The molecule has 1 radical (unpaired) electrons. The Morgan fingerprint density at radius 3 is 2.47 bits per heavy atom. The fourth-order valence-corrected chi connectivity index (χ4v) is 1.62. The third-order valence-electron chi connectivity index (χ3n) is 2.67. The van der Waals surface area contributed by atoms with Gasteiger partial charge in [0, 0.05) is 29.6 Å². The van der Waals surface area contributed by atoms with Gasteiger partial charge in [0.1, 0.15) is 12.4 Å². The molecule has 0 aliphatic carbocycles. The van der Waals surface area contributed by atoms with Crippen LogP contribution >= 0.6 is 0 Å². The molecule has 0 spiro atoms. The van der Waals surface area contributed by atoms with Gasteiger partial charge in [-0.1, -0.05) is 36.4 Å². The summed E-state index contributed by atoms with van der Waals surface area (Å²) in [7, 11) is 0. The summed E-state index contributed by atoms with van der Waals surface area (Å²) in [6.45, 7) is 2.33. The van der Waals surface area contributed by atoms with Crippen LogP contribution in [0.15, 0.2) is 48.5 Å². The summed E-state index contributed by atoms with van der Waals surface area (Å²) in [6.07, 6.45) is 0. The molecule has 2 aromatic rings. The molecule has 0 fully saturated rings. The Morgan fingerprint density at radius 2 is 1.84 bits per heavy atom. The topological polar surface area (TPSA) is 46.5 Å². The fourth-order valence-electron chi connectivity index (χ4n) is 1.62. The van der Waals surface area contributed by atoms with Crippen LogP contribution in [0.2, 0.25) is 0 Å². The number of benzene rings is 2. The van der Waals surface area contributed by atoms with Crippen molar-refractivity contribution in [2.24, 2.45) is 0 Å². The molecule has 0 bridgehead atoms. The quantitative estimate of drug-likeness (QED) is 0.865. The molecule has 19 heavy (non-hydrogen) atoms. The Morgan fingerprint density at radius 1 is 1.16 bits per heavy atom. The summed E-state index contributed by atoms with van der Waals surface area (Å²) in [5.74, 6) is -0.335. The van der Waals surface area contributed by atoms with Gasteiger partial charge >= 0.3 is 5.97 Å². The van der Waals surface area contributed by atoms with E-state index in [4.69, 9.17) is 9.84 Å². The molecule has 3 nitrogen and oxygen atoms in total. The summed E-state index contributed by atoms with van der Waals surface area (Å²) in [4.78, 5) is 10.9. The third kappa shape index (κ3) is 4.39. The SMILES string of the molecule is Cc1ccc(C(=O)O)cc1OCc1ccccc1.[Na]. The largest absolute Gasteiger partial charge is 0.489 e. The smallest absolute Gasteiger partial charge is 0.335 e. The zero-order chi connectivity index (χ0) is 13.0. The van der Waals surface area contributed by atoms with Crippen LogP contribution in [0.3, 0.4) is 0 Å². The van der Waals surface area contributed by atoms with Crippen LogP contribution in [-0.2, 0) is 6.61 Å². The van der Waals surface area contributed by atoms with E-state index < -0.39 is 5.97 Å². The first-order valence-corrected chi connectivity index (χ1v) is 5.67. The van der Waals surface area contributed by atoms with Gasteiger partial charge in [-0.15, -0.1) is 0 Å². The molecule has 0 aliphatic rings. The van der Waals surface area contributed by atoms with Crippen LogP contribution in [0.5, 0.6) is 5.75 Å². The van der Waals surface area contributed by atoms with Crippen LogP contribution in [0, 0.1) is 6.92 Å². The van der Waals surface area contributed by atoms with Crippen molar-refractivity contribution >= 4 is 35.5 Å². The molecule has 2 rings (SSSR count). The maximum absolute atomic E-state index is 10.9. The molecule has 0 unspecified atom stereocenters. The predicted molar refractivity (Wildman–Crippen MR) is 74.7 cm³/mol. The molecule has 2 aromatic carbocycles. The van der Waals surface area contributed by atoms with Crippen molar-refractivity contribution < 1.29 is 14.6 Å². The summed E-state index contributed by atoms with van der Waals surface area (Å²) in [5, 5.41) is 8.93. The van der Waals surface area contributed by atoms with E-state index in [0.717, 1.165) is 11.1 Å². The standard InChI is InChI=1S/C15H14O3.Na/c1-11-7-8-13(15(16)17)9-14(11)18-10-12-5-3-2-4-6-12;/h2-9H,10H2,1H3,(H,16,17);. The number of carboxylic acid groups (broad SMARTS) is 1. The van der Waals surface area contributed by atoms with Crippen LogP contribution in [0.4, 0.5) is 0 Å². The first kappa shape index (κ1) is 15.8. The van der Waals surface area contributed by atoms with Crippen LogP contribution in [0.1, 0.15) is 21.5 Å². The Labute approximate surface area is 134 Å². The minimum atomic E-state index is -0.945. The molecule has 0 saturated carbocycles. The van der Waals surface area contributed by atoms with Crippen LogP contribution in [0.25, 0.3) is 0 Å². The van der Waals surface area contributed by atoms with Crippen LogP contribution in [-0.4, -0.2) is 40.6 Å². The van der Waals surface area contributed by atoms with Gasteiger partial charge in [-0.05, 0) is 30.2 Å². The normalized spacial score (nSPS) is 9.53. The van der Waals surface area contributed by atoms with E-state index in [1.807, 2.05) is 37.3 Å². The van der Waals surface area contributed by atoms with E-state index >= 15 is 0 Å². The second-order valence-corrected chi connectivity index (χ2v) is 4.06. The minimum Gasteiger partial charge on any atom is -0.489 e. The summed E-state index contributed by atoms with van der Waals surface area (Å²) in [6, 6.07) is 14.7. The van der Waals surface area contributed by atoms with E-state index in [1.54, 1.807) is 18.2 Å². The Hall–Kier alpha value is -1.29. The molecular formula is C15H14NaO3. The number of carboxylic acids is 1. The Kier molecular flexibility index (Phi) is 6.09. The molecule has 0 aromatic heterocycles. The summed E-state index contributed by atoms with van der Waals surface area (Å²) in [5.41, 5.74) is 2.22. The van der Waals surface area contributed by atoms with Gasteiger partial charge in [-0.3, -0.25) is 0 Å². The summed E-state index contributed by atoms with van der Waals surface area (Å²) >= 11 is 0. The van der Waals surface area contributed by atoms with Gasteiger partial charge in [0.2, 0.25) is 0 Å². The third-order valence-corrected chi connectivity index (χ3v) is 2.67. The second kappa shape index (κ2) is 7.34. The van der Waals surface area contributed by atoms with E-state index in [-0.39, 0.29) is 35.1 Å². The van der Waals surface area contributed by atoms with Gasteiger partial charge in [0.25, 0.3) is 0 Å². The fraction of sp³-hybridized carbons (Fsp3) is 0.133. The zero-order valence-corrected chi connectivity index (χ0v) is 13.1. The van der Waals surface area contributed by atoms with E-state index in [1.165, 1.54) is 0 Å². The predicted octanol–water partition coefficient (Wildman–Crippen LogP) is 2.89. The maximum atomic E-state index is 10.9. The second-order valence-electron chi connectivity index (χ2n) is 4.06. The number of aromatic carboxylic acids is 1. The summed E-state index contributed by atoms with van der Waals surface area (Å²) < 4.78 is 5.65. The molecule has 0 amide bonds. The molecule has 4 heteroatoms. The molecule has 0 saturated heterocycles. The number of aryl methyl sites for hydroxylation is 1. The Bertz CT molecular complexity index is 553. The van der Waals surface area contributed by atoms with Gasteiger partial charge in [0.05, 0.1) is 5.56 Å². The molecule has 0 atom stereocenters. The van der Waals surface area contributed by atoms with Gasteiger partial charge < -0.3 is 9.84 Å². The molecule has 0 aliphatic heterocycles. The number of ether oxygens (including phenoxy) is 1. The monoisotopic (exact) mass is 265 g/mol. The van der Waals surface area contributed by atoms with E-state index in [0.29, 0.717) is 12.4 Å². The van der Waals surface area contributed by atoms with Crippen molar-refractivity contribution in [3.05, 3.63) is 65.2 Å². The molecular weight excluding hydrogens is 251 g/mol. The van der Waals surface area contributed by atoms with Crippen molar-refractivity contribution in [1.82, 2.24) is 0 Å². The average molecular weight is 265 g/mol. The number of rotatable bonds is 4. The molecule has 0 heterocycles. The number of carbonyl (C=O) groups is 1. The van der Waals surface area contributed by atoms with Crippen LogP contribution < -0.4 is 4.74 Å². The van der Waals surface area contributed by atoms with Gasteiger partial charge in [0.15, 0.2) is 0 Å². The zero-order valence-electron chi connectivity index (χ0n) is 11.1. The van der Waals surface area contributed by atoms with Gasteiger partial charge in [-0.25, -0.2) is 4.79 Å². The van der Waals surface area contributed by atoms with Crippen molar-refractivity contribution in [1.29, 1.82) is 0 Å². The van der Waals surface area contributed by atoms with E-state index in [9.17, 15) is 4.79 Å². The first-order valence-electron chi connectivity index (χ1n) is 5.67. The van der Waals surface area contributed by atoms with Crippen molar-refractivity contribution in [3.63, 3.8) is 0 Å². The maximum Gasteiger partial charge on any atom is 0.335 e. The number of hydrogen-bond acceptors (Lipinski definition) is 2. The van der Waals surface area contributed by atoms with Crippen molar-refractivity contribution in [2.45, 2.75) is 13.5 Å². The van der Waals surface area contributed by atoms with Crippen molar-refractivity contribution in [2.75, 3.05) is 0 Å². The van der Waals surface area contributed by atoms with E-state index in [2.05, 4.69) is 0 Å². The minimum absolute atomic E-state index is 0. The average Bonchev–Trinajstić information content (AvgIpc) is 2.38. The van der Waals surface area contributed by atoms with Gasteiger partial charge in [-0.2, -0.15) is 0 Å².